The van der Waals surface area contributed by atoms with Crippen LogP contribution in [0.1, 0.15) is 49.0 Å². The Morgan fingerprint density at radius 3 is 3.10 bits per heavy atom. The molecule has 0 saturated heterocycles. The van der Waals surface area contributed by atoms with Gasteiger partial charge in [-0.25, -0.2) is 9.97 Å². The third-order valence-electron chi connectivity index (χ3n) is 3.89. The molecule has 3 nitrogen and oxygen atoms in total. The zero-order valence-corrected chi connectivity index (χ0v) is 13.0. The fourth-order valence-electron chi connectivity index (χ4n) is 2.79. The monoisotopic (exact) mass is 287 g/mol. The van der Waals surface area contributed by atoms with Crippen LogP contribution < -0.4 is 5.32 Å². The van der Waals surface area contributed by atoms with E-state index in [1.54, 1.807) is 11.3 Å². The lowest BCUT2D eigenvalue weighted by Gasteiger charge is -2.25. The molecule has 0 saturated carbocycles. The van der Waals surface area contributed by atoms with E-state index in [0.29, 0.717) is 6.04 Å². The summed E-state index contributed by atoms with van der Waals surface area (Å²) in [4.78, 5) is 10.7. The molecule has 20 heavy (non-hydrogen) atoms. The number of rotatable bonds is 4. The molecule has 0 radical (unpaired) electrons. The molecular weight excluding hydrogens is 266 g/mol. The molecule has 2 aromatic heterocycles. The van der Waals surface area contributed by atoms with E-state index in [0.717, 1.165) is 18.8 Å². The van der Waals surface area contributed by atoms with Gasteiger partial charge in [0.2, 0.25) is 0 Å². The van der Waals surface area contributed by atoms with Crippen LogP contribution in [0.3, 0.4) is 0 Å². The topological polar surface area (TPSA) is 37.8 Å². The Morgan fingerprint density at radius 1 is 1.45 bits per heavy atom. The van der Waals surface area contributed by atoms with Crippen LogP contribution in [-0.2, 0) is 6.42 Å². The lowest BCUT2D eigenvalue weighted by atomic mass is 9.92. The molecule has 1 aliphatic carbocycles. The van der Waals surface area contributed by atoms with Crippen molar-refractivity contribution < 1.29 is 0 Å². The van der Waals surface area contributed by atoms with E-state index >= 15 is 0 Å². The minimum Gasteiger partial charge on any atom is -0.310 e. The maximum Gasteiger partial charge on any atom is 0.169 e. The zero-order valence-electron chi connectivity index (χ0n) is 12.1. The first-order valence-corrected chi connectivity index (χ1v) is 8.31. The molecule has 106 valence electrons. The van der Waals surface area contributed by atoms with E-state index in [2.05, 4.69) is 35.6 Å². The fourth-order valence-corrected chi connectivity index (χ4v) is 3.65. The minimum absolute atomic E-state index is 0.442. The van der Waals surface area contributed by atoms with E-state index in [-0.39, 0.29) is 0 Å². The van der Waals surface area contributed by atoms with Gasteiger partial charge in [-0.3, -0.25) is 0 Å². The van der Waals surface area contributed by atoms with Crippen molar-refractivity contribution in [2.75, 3.05) is 6.54 Å². The smallest absolute Gasteiger partial charge is 0.169 e. The number of nitrogens with zero attached hydrogens (tertiary/aromatic N) is 2. The molecule has 1 atom stereocenters. The van der Waals surface area contributed by atoms with E-state index in [4.69, 9.17) is 4.98 Å². The van der Waals surface area contributed by atoms with Gasteiger partial charge in [-0.05, 0) is 56.2 Å². The number of thiophene rings is 1. The summed E-state index contributed by atoms with van der Waals surface area (Å²) in [5.41, 5.74) is 3.82. The largest absolute Gasteiger partial charge is 0.310 e. The van der Waals surface area contributed by atoms with Crippen molar-refractivity contribution in [3.8, 4) is 10.7 Å². The van der Waals surface area contributed by atoms with Gasteiger partial charge in [0.05, 0.1) is 4.88 Å². The molecule has 2 aromatic rings. The normalized spacial score (nSPS) is 18.0. The van der Waals surface area contributed by atoms with Gasteiger partial charge in [0.25, 0.3) is 0 Å². The van der Waals surface area contributed by atoms with Crippen LogP contribution in [0, 0.1) is 6.92 Å². The Balaban J connectivity index is 1.91. The van der Waals surface area contributed by atoms with Crippen molar-refractivity contribution in [1.82, 2.24) is 15.3 Å². The molecule has 0 aliphatic heterocycles. The third kappa shape index (κ3) is 2.63. The molecule has 3 rings (SSSR count). The van der Waals surface area contributed by atoms with Crippen LogP contribution in [0.4, 0.5) is 0 Å². The van der Waals surface area contributed by atoms with Crippen LogP contribution in [0.15, 0.2) is 17.6 Å². The zero-order chi connectivity index (χ0) is 13.9. The van der Waals surface area contributed by atoms with Crippen LogP contribution in [-0.4, -0.2) is 16.5 Å². The summed E-state index contributed by atoms with van der Waals surface area (Å²) in [7, 11) is 0. The van der Waals surface area contributed by atoms with Crippen LogP contribution in [0.5, 0.6) is 0 Å². The second-order valence-corrected chi connectivity index (χ2v) is 6.34. The van der Waals surface area contributed by atoms with Gasteiger partial charge in [-0.1, -0.05) is 6.92 Å². The van der Waals surface area contributed by atoms with Crippen LogP contribution in [0.25, 0.3) is 10.7 Å². The molecule has 4 heteroatoms. The number of fused-ring (bicyclic) bond motifs is 1. The summed E-state index contributed by atoms with van der Waals surface area (Å²) in [5.74, 6) is 0.896. The molecule has 2 heterocycles. The maximum absolute atomic E-state index is 4.83. The summed E-state index contributed by atoms with van der Waals surface area (Å²) in [6, 6.07) is 2.58. The first-order valence-electron chi connectivity index (χ1n) is 7.43. The standard InChI is InChI=1S/C16H21N3S/c1-3-8-17-13-5-4-6-14-12(13)10-18-16(19-14)15-11(2)7-9-20-15/h7,9-10,13,17H,3-6,8H2,1-2H3. The lowest BCUT2D eigenvalue weighted by molar-refractivity contribution is 0.454. The highest BCUT2D eigenvalue weighted by Gasteiger charge is 2.22. The molecular formula is C16H21N3S. The summed E-state index contributed by atoms with van der Waals surface area (Å²) >= 11 is 1.73. The van der Waals surface area contributed by atoms with Gasteiger partial charge in [-0.15, -0.1) is 11.3 Å². The molecule has 1 unspecified atom stereocenters. The number of hydrogen-bond donors (Lipinski definition) is 1. The first kappa shape index (κ1) is 13.7. The lowest BCUT2D eigenvalue weighted by Crippen LogP contribution is -2.26. The third-order valence-corrected chi connectivity index (χ3v) is 4.90. The predicted molar refractivity (Wildman–Crippen MR) is 84.1 cm³/mol. The van der Waals surface area contributed by atoms with Crippen molar-refractivity contribution in [2.24, 2.45) is 0 Å². The number of nitrogens with one attached hydrogen (secondary N) is 1. The summed E-state index contributed by atoms with van der Waals surface area (Å²) in [6.07, 6.45) is 6.71. The molecule has 1 aliphatic rings. The van der Waals surface area contributed by atoms with E-state index < -0.39 is 0 Å². The van der Waals surface area contributed by atoms with Crippen molar-refractivity contribution in [1.29, 1.82) is 0 Å². The summed E-state index contributed by atoms with van der Waals surface area (Å²) in [6.45, 7) is 5.39. The summed E-state index contributed by atoms with van der Waals surface area (Å²) in [5, 5.41) is 5.73. The average molecular weight is 287 g/mol. The summed E-state index contributed by atoms with van der Waals surface area (Å²) < 4.78 is 0. The molecule has 0 amide bonds. The van der Waals surface area contributed by atoms with Gasteiger partial charge in [-0.2, -0.15) is 0 Å². The molecule has 0 bridgehead atoms. The fraction of sp³-hybridized carbons (Fsp3) is 0.500. The highest BCUT2D eigenvalue weighted by Crippen LogP contribution is 2.31. The van der Waals surface area contributed by atoms with Crippen molar-refractivity contribution in [3.63, 3.8) is 0 Å². The Labute approximate surface area is 124 Å². The second-order valence-electron chi connectivity index (χ2n) is 5.43. The Bertz CT molecular complexity index is 591. The Kier molecular flexibility index (Phi) is 4.13. The van der Waals surface area contributed by atoms with Gasteiger partial charge in [0.1, 0.15) is 0 Å². The van der Waals surface area contributed by atoms with E-state index in [9.17, 15) is 0 Å². The number of hydrogen-bond acceptors (Lipinski definition) is 4. The minimum atomic E-state index is 0.442. The van der Waals surface area contributed by atoms with Gasteiger partial charge < -0.3 is 5.32 Å². The average Bonchev–Trinajstić information content (AvgIpc) is 2.90. The van der Waals surface area contributed by atoms with Crippen LogP contribution >= 0.6 is 11.3 Å². The Hall–Kier alpha value is -1.26. The molecule has 0 fully saturated rings. The quantitative estimate of drug-likeness (QED) is 0.927. The van der Waals surface area contributed by atoms with E-state index in [1.165, 1.54) is 41.0 Å². The number of aryl methyl sites for hydroxylation is 2. The maximum atomic E-state index is 4.83. The van der Waals surface area contributed by atoms with Crippen LogP contribution in [0.2, 0.25) is 0 Å². The second kappa shape index (κ2) is 6.02. The molecule has 0 aromatic carbocycles. The number of aromatic nitrogens is 2. The van der Waals surface area contributed by atoms with Gasteiger partial charge >= 0.3 is 0 Å². The van der Waals surface area contributed by atoms with Gasteiger partial charge in [0, 0.05) is 23.5 Å². The van der Waals surface area contributed by atoms with Crippen molar-refractivity contribution in [3.05, 3.63) is 34.5 Å². The van der Waals surface area contributed by atoms with Crippen molar-refractivity contribution >= 4 is 11.3 Å². The molecule has 0 spiro atoms. The van der Waals surface area contributed by atoms with E-state index in [1.807, 2.05) is 6.20 Å². The molecule has 1 N–H and O–H groups in total. The first-order chi connectivity index (χ1) is 9.79. The SMILES string of the molecule is CCCNC1CCCc2nc(-c3sccc3C)ncc21. The highest BCUT2D eigenvalue weighted by molar-refractivity contribution is 7.13. The van der Waals surface area contributed by atoms with Crippen molar-refractivity contribution in [2.45, 2.75) is 45.6 Å². The van der Waals surface area contributed by atoms with Gasteiger partial charge in [0.15, 0.2) is 5.82 Å². The Morgan fingerprint density at radius 2 is 2.35 bits per heavy atom. The predicted octanol–water partition coefficient (Wildman–Crippen LogP) is 3.89. The highest BCUT2D eigenvalue weighted by atomic mass is 32.1.